The van der Waals surface area contributed by atoms with E-state index in [0.29, 0.717) is 17.3 Å². The Balaban J connectivity index is 1.90. The van der Waals surface area contributed by atoms with E-state index in [2.05, 4.69) is 4.98 Å². The molecule has 23 heavy (non-hydrogen) atoms. The molecule has 0 atom stereocenters. The lowest BCUT2D eigenvalue weighted by molar-refractivity contribution is 0.0670. The van der Waals surface area contributed by atoms with Crippen LogP contribution in [0.3, 0.4) is 0 Å². The summed E-state index contributed by atoms with van der Waals surface area (Å²) in [5, 5.41) is 1.58. The van der Waals surface area contributed by atoms with Gasteiger partial charge in [-0.2, -0.15) is 0 Å². The van der Waals surface area contributed by atoms with Crippen LogP contribution in [0.25, 0.3) is 10.9 Å². The molecule has 1 N–H and O–H groups in total. The first-order valence-corrected chi connectivity index (χ1v) is 7.96. The minimum absolute atomic E-state index is 0.0543. The van der Waals surface area contributed by atoms with Crippen molar-refractivity contribution in [2.45, 2.75) is 33.4 Å². The maximum atomic E-state index is 12.9. The van der Waals surface area contributed by atoms with Crippen LogP contribution in [0, 0.1) is 6.92 Å². The summed E-state index contributed by atoms with van der Waals surface area (Å²) in [5.74, 6) is 1.57. The number of halogens is 1. The van der Waals surface area contributed by atoms with Crippen molar-refractivity contribution in [3.8, 4) is 0 Å². The van der Waals surface area contributed by atoms with Gasteiger partial charge in [0, 0.05) is 22.0 Å². The molecule has 0 radical (unpaired) electrons. The van der Waals surface area contributed by atoms with Crippen LogP contribution in [0.2, 0.25) is 5.02 Å². The number of rotatable bonds is 4. The fraction of sp³-hybridized carbons (Fsp3) is 0.278. The lowest BCUT2D eigenvalue weighted by Gasteiger charge is -2.25. The van der Waals surface area contributed by atoms with E-state index in [0.717, 1.165) is 22.4 Å². The highest BCUT2D eigenvalue weighted by Crippen LogP contribution is 2.22. The first kappa shape index (κ1) is 15.7. The Morgan fingerprint density at radius 1 is 1.26 bits per heavy atom. The normalized spacial score (nSPS) is 11.3. The van der Waals surface area contributed by atoms with E-state index in [-0.39, 0.29) is 11.9 Å². The van der Waals surface area contributed by atoms with E-state index in [4.69, 9.17) is 16.0 Å². The summed E-state index contributed by atoms with van der Waals surface area (Å²) in [7, 11) is 0. The third kappa shape index (κ3) is 3.27. The zero-order valence-corrected chi connectivity index (χ0v) is 14.1. The predicted octanol–water partition coefficient (Wildman–Crippen LogP) is 4.77. The average molecular weight is 331 g/mol. The van der Waals surface area contributed by atoms with Crippen LogP contribution in [0.15, 0.2) is 40.8 Å². The molecule has 120 valence electrons. The summed E-state index contributed by atoms with van der Waals surface area (Å²) in [5.41, 5.74) is 1.45. The summed E-state index contributed by atoms with van der Waals surface area (Å²) >= 11 is 6.01. The Bertz CT molecular complexity index is 848. The fourth-order valence-corrected chi connectivity index (χ4v) is 2.78. The van der Waals surface area contributed by atoms with Gasteiger partial charge in [-0.3, -0.25) is 4.79 Å². The van der Waals surface area contributed by atoms with Gasteiger partial charge in [0.1, 0.15) is 17.2 Å². The quantitative estimate of drug-likeness (QED) is 0.748. The Morgan fingerprint density at radius 3 is 2.70 bits per heavy atom. The Labute approximate surface area is 140 Å². The molecule has 0 fully saturated rings. The van der Waals surface area contributed by atoms with Crippen LogP contribution >= 0.6 is 11.6 Å². The maximum absolute atomic E-state index is 12.9. The van der Waals surface area contributed by atoms with E-state index >= 15 is 0 Å². The molecular weight excluding hydrogens is 312 g/mol. The van der Waals surface area contributed by atoms with Gasteiger partial charge in [-0.25, -0.2) is 0 Å². The topological polar surface area (TPSA) is 49.2 Å². The van der Waals surface area contributed by atoms with Crippen LogP contribution in [-0.4, -0.2) is 21.8 Å². The summed E-state index contributed by atoms with van der Waals surface area (Å²) < 4.78 is 5.60. The van der Waals surface area contributed by atoms with Crippen molar-refractivity contribution < 1.29 is 9.21 Å². The van der Waals surface area contributed by atoms with Crippen LogP contribution in [0.1, 0.15) is 35.9 Å². The van der Waals surface area contributed by atoms with Gasteiger partial charge in [0.2, 0.25) is 0 Å². The number of nitrogens with one attached hydrogen (secondary N) is 1. The van der Waals surface area contributed by atoms with Gasteiger partial charge in [-0.1, -0.05) is 11.6 Å². The van der Waals surface area contributed by atoms with Crippen molar-refractivity contribution in [2.75, 3.05) is 0 Å². The Morgan fingerprint density at radius 2 is 2.04 bits per heavy atom. The zero-order chi connectivity index (χ0) is 16.6. The molecule has 0 aliphatic rings. The van der Waals surface area contributed by atoms with Crippen molar-refractivity contribution >= 4 is 28.4 Å². The number of aryl methyl sites for hydroxylation is 1. The molecule has 2 heterocycles. The summed E-state index contributed by atoms with van der Waals surface area (Å²) in [6.45, 7) is 6.33. The molecule has 3 aromatic rings. The number of aromatic nitrogens is 1. The van der Waals surface area contributed by atoms with Gasteiger partial charge in [-0.05, 0) is 57.2 Å². The van der Waals surface area contributed by atoms with Gasteiger partial charge in [0.05, 0.1) is 6.54 Å². The third-order valence-corrected chi connectivity index (χ3v) is 4.05. The molecule has 0 saturated carbocycles. The number of hydrogen-bond acceptors (Lipinski definition) is 2. The number of aromatic amines is 1. The molecule has 5 heteroatoms. The smallest absolute Gasteiger partial charge is 0.270 e. The van der Waals surface area contributed by atoms with Gasteiger partial charge >= 0.3 is 0 Å². The second-order valence-corrected chi connectivity index (χ2v) is 6.39. The van der Waals surface area contributed by atoms with Crippen molar-refractivity contribution in [1.82, 2.24) is 9.88 Å². The number of fused-ring (bicyclic) bond motifs is 1. The number of carbonyl (C=O) groups excluding carboxylic acids is 1. The molecule has 1 aromatic carbocycles. The first-order valence-electron chi connectivity index (χ1n) is 7.58. The zero-order valence-electron chi connectivity index (χ0n) is 13.4. The Hall–Kier alpha value is -2.20. The molecule has 0 bridgehead atoms. The van der Waals surface area contributed by atoms with Gasteiger partial charge in [-0.15, -0.1) is 0 Å². The summed E-state index contributed by atoms with van der Waals surface area (Å²) in [4.78, 5) is 17.8. The number of nitrogens with zero attached hydrogens (tertiary/aromatic N) is 1. The van der Waals surface area contributed by atoms with E-state index in [1.807, 2.05) is 51.1 Å². The van der Waals surface area contributed by atoms with Crippen LogP contribution in [0.5, 0.6) is 0 Å². The Kier molecular flexibility index (Phi) is 4.18. The molecule has 1 amide bonds. The van der Waals surface area contributed by atoms with Gasteiger partial charge in [0.25, 0.3) is 5.91 Å². The monoisotopic (exact) mass is 330 g/mol. The van der Waals surface area contributed by atoms with Gasteiger partial charge < -0.3 is 14.3 Å². The fourth-order valence-electron chi connectivity index (χ4n) is 2.60. The lowest BCUT2D eigenvalue weighted by atomic mass is 10.2. The lowest BCUT2D eigenvalue weighted by Crippen LogP contribution is -2.36. The maximum Gasteiger partial charge on any atom is 0.270 e. The number of H-pyrrole nitrogens is 1. The van der Waals surface area contributed by atoms with Crippen LogP contribution < -0.4 is 0 Å². The minimum atomic E-state index is -0.0543. The molecular formula is C18H19ClN2O2. The SMILES string of the molecule is Cc1ccc(CN(C(=O)c2cc3cc(Cl)ccc3[nH]2)C(C)C)o1. The standard InChI is InChI=1S/C18H19ClN2O2/c1-11(2)21(10-15-6-4-12(3)23-15)18(22)17-9-13-8-14(19)5-7-16(13)20-17/h4-9,11,20H,10H2,1-3H3. The average Bonchev–Trinajstić information content (AvgIpc) is 3.09. The number of benzene rings is 1. The van der Waals surface area contributed by atoms with Crippen molar-refractivity contribution in [2.24, 2.45) is 0 Å². The highest BCUT2D eigenvalue weighted by molar-refractivity contribution is 6.31. The number of amides is 1. The molecule has 3 rings (SSSR count). The largest absolute Gasteiger partial charge is 0.464 e. The molecule has 0 saturated heterocycles. The van der Waals surface area contributed by atoms with Gasteiger partial charge in [0.15, 0.2) is 0 Å². The minimum Gasteiger partial charge on any atom is -0.464 e. The van der Waals surface area contributed by atoms with Crippen LogP contribution in [0.4, 0.5) is 0 Å². The molecule has 4 nitrogen and oxygen atoms in total. The second-order valence-electron chi connectivity index (χ2n) is 5.95. The first-order chi connectivity index (χ1) is 10.9. The van der Waals surface area contributed by atoms with E-state index in [9.17, 15) is 4.79 Å². The highest BCUT2D eigenvalue weighted by Gasteiger charge is 2.22. The van der Waals surface area contributed by atoms with E-state index in [1.165, 1.54) is 0 Å². The predicted molar refractivity (Wildman–Crippen MR) is 91.8 cm³/mol. The second kappa shape index (κ2) is 6.13. The third-order valence-electron chi connectivity index (χ3n) is 3.82. The number of hydrogen-bond donors (Lipinski definition) is 1. The molecule has 0 aliphatic carbocycles. The number of carbonyl (C=O) groups is 1. The summed E-state index contributed by atoms with van der Waals surface area (Å²) in [6.07, 6.45) is 0. The molecule has 0 aliphatic heterocycles. The highest BCUT2D eigenvalue weighted by atomic mass is 35.5. The molecule has 0 unspecified atom stereocenters. The molecule has 0 spiro atoms. The van der Waals surface area contributed by atoms with Crippen molar-refractivity contribution in [1.29, 1.82) is 0 Å². The van der Waals surface area contributed by atoms with E-state index in [1.54, 1.807) is 11.0 Å². The van der Waals surface area contributed by atoms with Crippen molar-refractivity contribution in [3.05, 3.63) is 58.6 Å². The molecule has 2 aromatic heterocycles. The van der Waals surface area contributed by atoms with Crippen LogP contribution in [-0.2, 0) is 6.54 Å². The van der Waals surface area contributed by atoms with Crippen molar-refractivity contribution in [3.63, 3.8) is 0 Å². The van der Waals surface area contributed by atoms with E-state index < -0.39 is 0 Å². The summed E-state index contributed by atoms with van der Waals surface area (Å²) in [6, 6.07) is 11.2. The number of furan rings is 1.